The molecule has 1 N–H and O–H groups in total. The molecular formula is C17H23N3O. The smallest absolute Gasteiger partial charge is 0.227 e. The van der Waals surface area contributed by atoms with Gasteiger partial charge >= 0.3 is 0 Å². The number of benzene rings is 1. The van der Waals surface area contributed by atoms with E-state index >= 15 is 0 Å². The maximum absolute atomic E-state index is 6.15. The Kier molecular flexibility index (Phi) is 4.46. The monoisotopic (exact) mass is 285 g/mol. The van der Waals surface area contributed by atoms with Gasteiger partial charge in [0.05, 0.1) is 5.56 Å². The molecule has 0 unspecified atom stereocenters. The quantitative estimate of drug-likeness (QED) is 0.918. The van der Waals surface area contributed by atoms with Gasteiger partial charge in [-0.25, -0.2) is 4.98 Å². The van der Waals surface area contributed by atoms with Gasteiger partial charge in [0.2, 0.25) is 5.88 Å². The maximum Gasteiger partial charge on any atom is 0.227 e. The fraction of sp³-hybridized carbons (Fsp3) is 0.412. The summed E-state index contributed by atoms with van der Waals surface area (Å²) < 4.78 is 6.15. The van der Waals surface area contributed by atoms with E-state index in [0.717, 1.165) is 40.5 Å². The summed E-state index contributed by atoms with van der Waals surface area (Å²) >= 11 is 0. The second-order valence-electron chi connectivity index (χ2n) is 5.28. The van der Waals surface area contributed by atoms with Crippen LogP contribution in [0.3, 0.4) is 0 Å². The first kappa shape index (κ1) is 15.3. The van der Waals surface area contributed by atoms with Crippen LogP contribution < -0.4 is 10.1 Å². The van der Waals surface area contributed by atoms with Gasteiger partial charge in [-0.3, -0.25) is 0 Å². The largest absolute Gasteiger partial charge is 0.438 e. The van der Waals surface area contributed by atoms with Crippen LogP contribution in [0, 0.1) is 27.7 Å². The molecule has 0 aliphatic rings. The van der Waals surface area contributed by atoms with Gasteiger partial charge in [-0.15, -0.1) is 0 Å². The van der Waals surface area contributed by atoms with Crippen molar-refractivity contribution < 1.29 is 4.74 Å². The third kappa shape index (κ3) is 2.99. The van der Waals surface area contributed by atoms with Crippen molar-refractivity contribution in [3.63, 3.8) is 0 Å². The van der Waals surface area contributed by atoms with E-state index in [1.165, 1.54) is 5.56 Å². The Morgan fingerprint density at radius 3 is 2.29 bits per heavy atom. The zero-order chi connectivity index (χ0) is 15.6. The molecule has 0 fully saturated rings. The second-order valence-corrected chi connectivity index (χ2v) is 5.28. The average Bonchev–Trinajstić information content (AvgIpc) is 2.49. The molecule has 4 heteroatoms. The van der Waals surface area contributed by atoms with Gasteiger partial charge in [-0.1, -0.05) is 19.1 Å². The predicted molar refractivity (Wildman–Crippen MR) is 86.4 cm³/mol. The zero-order valence-electron chi connectivity index (χ0n) is 13.7. The van der Waals surface area contributed by atoms with Crippen molar-refractivity contribution >= 4 is 5.82 Å². The van der Waals surface area contributed by atoms with E-state index in [-0.39, 0.29) is 0 Å². The van der Waals surface area contributed by atoms with Gasteiger partial charge in [0.1, 0.15) is 17.4 Å². The molecule has 0 spiro atoms. The predicted octanol–water partition coefficient (Wildman–Crippen LogP) is 4.11. The summed E-state index contributed by atoms with van der Waals surface area (Å²) in [6.45, 7) is 10.2. The molecule has 0 saturated heterocycles. The van der Waals surface area contributed by atoms with Gasteiger partial charge in [0, 0.05) is 13.5 Å². The van der Waals surface area contributed by atoms with Crippen molar-refractivity contribution in [2.24, 2.45) is 0 Å². The number of rotatable bonds is 4. The summed E-state index contributed by atoms with van der Waals surface area (Å²) in [7, 11) is 1.86. The molecule has 0 amide bonds. The standard InChI is InChI=1S/C17H23N3O/c1-7-14-19-16(18-6)13(5)17(20-14)21-15-11(3)9-8-10(2)12(15)4/h8-9H,7H2,1-6H3,(H,18,19,20). The van der Waals surface area contributed by atoms with E-state index in [1.54, 1.807) is 0 Å². The SMILES string of the molecule is CCc1nc(NC)c(C)c(Oc2c(C)ccc(C)c2C)n1. The van der Waals surface area contributed by atoms with Crippen LogP contribution in [-0.2, 0) is 6.42 Å². The number of nitrogens with one attached hydrogen (secondary N) is 1. The first-order chi connectivity index (χ1) is 9.97. The summed E-state index contributed by atoms with van der Waals surface area (Å²) in [4.78, 5) is 9.00. The fourth-order valence-electron chi connectivity index (χ4n) is 2.22. The number of nitrogens with zero attached hydrogens (tertiary/aromatic N) is 2. The summed E-state index contributed by atoms with van der Waals surface area (Å²) in [5, 5.41) is 3.11. The van der Waals surface area contributed by atoms with Crippen molar-refractivity contribution in [1.29, 1.82) is 0 Å². The number of hydrogen-bond acceptors (Lipinski definition) is 4. The van der Waals surface area contributed by atoms with Crippen molar-refractivity contribution in [3.8, 4) is 11.6 Å². The molecular weight excluding hydrogens is 262 g/mol. The summed E-state index contributed by atoms with van der Waals surface area (Å²) in [6.07, 6.45) is 0.775. The minimum Gasteiger partial charge on any atom is -0.438 e. The van der Waals surface area contributed by atoms with E-state index in [4.69, 9.17) is 4.74 Å². The highest BCUT2D eigenvalue weighted by Crippen LogP contribution is 2.32. The normalized spacial score (nSPS) is 10.6. The van der Waals surface area contributed by atoms with E-state index in [2.05, 4.69) is 48.2 Å². The minimum atomic E-state index is 0.628. The Morgan fingerprint density at radius 1 is 1.00 bits per heavy atom. The highest BCUT2D eigenvalue weighted by Gasteiger charge is 2.14. The Hall–Kier alpha value is -2.10. The number of aromatic nitrogens is 2. The van der Waals surface area contributed by atoms with E-state index in [1.807, 2.05) is 20.9 Å². The highest BCUT2D eigenvalue weighted by molar-refractivity contribution is 5.52. The van der Waals surface area contributed by atoms with Gasteiger partial charge in [-0.2, -0.15) is 4.98 Å². The second kappa shape index (κ2) is 6.12. The van der Waals surface area contributed by atoms with Crippen LogP contribution in [0.25, 0.3) is 0 Å². The molecule has 112 valence electrons. The van der Waals surface area contributed by atoms with E-state index < -0.39 is 0 Å². The molecule has 2 rings (SSSR count). The molecule has 21 heavy (non-hydrogen) atoms. The molecule has 0 saturated carbocycles. The molecule has 2 aromatic rings. The Labute approximate surface area is 126 Å². The summed E-state index contributed by atoms with van der Waals surface area (Å²) in [5.41, 5.74) is 4.40. The number of hydrogen-bond donors (Lipinski definition) is 1. The first-order valence-corrected chi connectivity index (χ1v) is 7.27. The number of anilines is 1. The van der Waals surface area contributed by atoms with Crippen LogP contribution in [0.2, 0.25) is 0 Å². The lowest BCUT2D eigenvalue weighted by Crippen LogP contribution is -2.05. The lowest BCUT2D eigenvalue weighted by atomic mass is 10.1. The fourth-order valence-corrected chi connectivity index (χ4v) is 2.22. The lowest BCUT2D eigenvalue weighted by Gasteiger charge is -2.16. The molecule has 1 aromatic heterocycles. The Bertz CT molecular complexity index is 666. The van der Waals surface area contributed by atoms with Crippen molar-refractivity contribution in [2.75, 3.05) is 12.4 Å². The van der Waals surface area contributed by atoms with Crippen molar-refractivity contribution in [3.05, 3.63) is 40.2 Å². The average molecular weight is 285 g/mol. The van der Waals surface area contributed by atoms with Crippen LogP contribution in [0.1, 0.15) is 35.0 Å². The molecule has 1 aromatic carbocycles. The van der Waals surface area contributed by atoms with Crippen molar-refractivity contribution in [2.45, 2.75) is 41.0 Å². The van der Waals surface area contributed by atoms with Crippen molar-refractivity contribution in [1.82, 2.24) is 9.97 Å². The van der Waals surface area contributed by atoms with E-state index in [9.17, 15) is 0 Å². The molecule has 0 atom stereocenters. The highest BCUT2D eigenvalue weighted by atomic mass is 16.5. The lowest BCUT2D eigenvalue weighted by molar-refractivity contribution is 0.448. The first-order valence-electron chi connectivity index (χ1n) is 7.27. The van der Waals surface area contributed by atoms with Crippen LogP contribution >= 0.6 is 0 Å². The number of ether oxygens (including phenoxy) is 1. The van der Waals surface area contributed by atoms with Crippen LogP contribution in [-0.4, -0.2) is 17.0 Å². The number of aryl methyl sites for hydroxylation is 3. The maximum atomic E-state index is 6.15. The van der Waals surface area contributed by atoms with Gasteiger partial charge in [0.25, 0.3) is 0 Å². The molecule has 4 nitrogen and oxygen atoms in total. The summed E-state index contributed by atoms with van der Waals surface area (Å²) in [6, 6.07) is 4.19. The Balaban J connectivity index is 2.51. The summed E-state index contributed by atoms with van der Waals surface area (Å²) in [5.74, 6) is 3.12. The third-order valence-corrected chi connectivity index (χ3v) is 3.77. The van der Waals surface area contributed by atoms with Crippen LogP contribution in [0.15, 0.2) is 12.1 Å². The molecule has 1 heterocycles. The molecule has 0 radical (unpaired) electrons. The molecule has 0 aliphatic heterocycles. The van der Waals surface area contributed by atoms with Crippen LogP contribution in [0.4, 0.5) is 5.82 Å². The minimum absolute atomic E-state index is 0.628. The van der Waals surface area contributed by atoms with Gasteiger partial charge in [0.15, 0.2) is 0 Å². The van der Waals surface area contributed by atoms with Gasteiger partial charge in [-0.05, 0) is 44.4 Å². The molecule has 0 aliphatic carbocycles. The molecule has 0 bridgehead atoms. The van der Waals surface area contributed by atoms with Crippen LogP contribution in [0.5, 0.6) is 11.6 Å². The topological polar surface area (TPSA) is 47.0 Å². The third-order valence-electron chi connectivity index (χ3n) is 3.77. The zero-order valence-corrected chi connectivity index (χ0v) is 13.7. The van der Waals surface area contributed by atoms with E-state index in [0.29, 0.717) is 5.88 Å². The Morgan fingerprint density at radius 2 is 1.67 bits per heavy atom. The van der Waals surface area contributed by atoms with Gasteiger partial charge < -0.3 is 10.1 Å².